The number of carbonyl (C=O) groups excluding carboxylic acids is 1. The SMILES string of the molecule is O=C(O)COc1cccc2c1CCC2C=CC(=O)NN(c1ccccc1)c1ccccc1. The van der Waals surface area contributed by atoms with E-state index in [1.807, 2.05) is 78.9 Å². The number of anilines is 2. The molecule has 1 aliphatic rings. The predicted octanol–water partition coefficient (Wildman–Crippen LogP) is 4.61. The first kappa shape index (κ1) is 21.2. The number of para-hydroxylation sites is 2. The van der Waals surface area contributed by atoms with Gasteiger partial charge in [-0.2, -0.15) is 0 Å². The van der Waals surface area contributed by atoms with Gasteiger partial charge < -0.3 is 9.84 Å². The molecule has 0 spiro atoms. The summed E-state index contributed by atoms with van der Waals surface area (Å²) < 4.78 is 5.43. The highest BCUT2D eigenvalue weighted by Gasteiger charge is 2.24. The molecule has 0 radical (unpaired) electrons. The number of nitrogens with zero attached hydrogens (tertiary/aromatic N) is 1. The number of hydrogen-bond acceptors (Lipinski definition) is 4. The lowest BCUT2D eigenvalue weighted by atomic mass is 10.0. The molecule has 0 saturated heterocycles. The second-order valence-corrected chi connectivity index (χ2v) is 7.49. The molecule has 3 aromatic rings. The standard InChI is InChI=1S/C26H24N2O4/c29-25(27-28(20-8-3-1-4-9-20)21-10-5-2-6-11-21)17-15-19-14-16-23-22(19)12-7-13-24(23)32-18-26(30)31/h1-13,15,17,19H,14,16,18H2,(H,27,29)(H,30,31). The van der Waals surface area contributed by atoms with Crippen molar-refractivity contribution in [3.8, 4) is 5.75 Å². The minimum Gasteiger partial charge on any atom is -0.482 e. The Morgan fingerprint density at radius 1 is 0.969 bits per heavy atom. The van der Waals surface area contributed by atoms with Gasteiger partial charge in [0.15, 0.2) is 6.61 Å². The summed E-state index contributed by atoms with van der Waals surface area (Å²) in [5.41, 5.74) is 6.75. The molecule has 6 nitrogen and oxygen atoms in total. The van der Waals surface area contributed by atoms with Crippen LogP contribution in [0.3, 0.4) is 0 Å². The number of carboxylic acids is 1. The number of aliphatic carboxylic acids is 1. The summed E-state index contributed by atoms with van der Waals surface area (Å²) in [7, 11) is 0. The van der Waals surface area contributed by atoms with Crippen LogP contribution in [0.1, 0.15) is 23.5 Å². The van der Waals surface area contributed by atoms with E-state index in [4.69, 9.17) is 9.84 Å². The molecule has 0 heterocycles. The van der Waals surface area contributed by atoms with Crippen LogP contribution in [0.15, 0.2) is 91.0 Å². The minimum atomic E-state index is -1.00. The number of hydrazine groups is 1. The summed E-state index contributed by atoms with van der Waals surface area (Å²) in [6, 6.07) is 24.9. The van der Waals surface area contributed by atoms with Crippen LogP contribution in [0.25, 0.3) is 0 Å². The summed E-state index contributed by atoms with van der Waals surface area (Å²) in [4.78, 5) is 23.6. The highest BCUT2D eigenvalue weighted by atomic mass is 16.5. The number of nitrogens with one attached hydrogen (secondary N) is 1. The Bertz CT molecular complexity index is 1070. The van der Waals surface area contributed by atoms with Gasteiger partial charge in [-0.05, 0) is 54.3 Å². The third-order valence-electron chi connectivity index (χ3n) is 5.36. The molecule has 4 rings (SSSR count). The van der Waals surface area contributed by atoms with Crippen molar-refractivity contribution in [2.75, 3.05) is 11.6 Å². The van der Waals surface area contributed by atoms with E-state index in [9.17, 15) is 9.59 Å². The fourth-order valence-electron chi connectivity index (χ4n) is 3.91. The average molecular weight is 428 g/mol. The molecule has 1 atom stereocenters. The number of carboxylic acid groups (broad SMARTS) is 1. The number of rotatable bonds is 8. The lowest BCUT2D eigenvalue weighted by molar-refractivity contribution is -0.139. The largest absolute Gasteiger partial charge is 0.482 e. The summed E-state index contributed by atoms with van der Waals surface area (Å²) >= 11 is 0. The number of hydrogen-bond donors (Lipinski definition) is 2. The number of benzene rings is 3. The number of ether oxygens (including phenoxy) is 1. The van der Waals surface area contributed by atoms with Crippen molar-refractivity contribution in [1.82, 2.24) is 5.43 Å². The fraction of sp³-hybridized carbons (Fsp3) is 0.154. The number of allylic oxidation sites excluding steroid dienone is 1. The van der Waals surface area contributed by atoms with Gasteiger partial charge in [0.1, 0.15) is 5.75 Å². The molecule has 3 aromatic carbocycles. The van der Waals surface area contributed by atoms with Gasteiger partial charge in [-0.25, -0.2) is 4.79 Å². The Morgan fingerprint density at radius 3 is 2.25 bits per heavy atom. The van der Waals surface area contributed by atoms with Crippen LogP contribution in [-0.4, -0.2) is 23.6 Å². The molecule has 6 heteroatoms. The normalized spacial score (nSPS) is 14.7. The van der Waals surface area contributed by atoms with E-state index in [2.05, 4.69) is 5.43 Å². The second-order valence-electron chi connectivity index (χ2n) is 7.49. The van der Waals surface area contributed by atoms with Gasteiger partial charge in [-0.1, -0.05) is 54.6 Å². The molecule has 2 N–H and O–H groups in total. The molecule has 1 unspecified atom stereocenters. The molecular formula is C26H24N2O4. The summed E-state index contributed by atoms with van der Waals surface area (Å²) in [6.07, 6.45) is 5.08. The highest BCUT2D eigenvalue weighted by Crippen LogP contribution is 2.39. The lowest BCUT2D eigenvalue weighted by Crippen LogP contribution is -2.37. The van der Waals surface area contributed by atoms with Gasteiger partial charge in [0.05, 0.1) is 11.4 Å². The summed E-state index contributed by atoms with van der Waals surface area (Å²) in [6.45, 7) is -0.367. The Hall–Kier alpha value is -4.06. The van der Waals surface area contributed by atoms with E-state index in [1.54, 1.807) is 17.2 Å². The first-order valence-electron chi connectivity index (χ1n) is 10.5. The molecular weight excluding hydrogens is 404 g/mol. The Kier molecular flexibility index (Phi) is 6.51. The highest BCUT2D eigenvalue weighted by molar-refractivity contribution is 5.90. The average Bonchev–Trinajstić information content (AvgIpc) is 3.24. The summed E-state index contributed by atoms with van der Waals surface area (Å²) in [5.74, 6) is -0.560. The van der Waals surface area contributed by atoms with Gasteiger partial charge >= 0.3 is 5.97 Å². The molecule has 32 heavy (non-hydrogen) atoms. The maximum atomic E-state index is 12.8. The first-order chi connectivity index (χ1) is 15.6. The smallest absolute Gasteiger partial charge is 0.341 e. The minimum absolute atomic E-state index is 0.0750. The third kappa shape index (κ3) is 4.98. The lowest BCUT2D eigenvalue weighted by Gasteiger charge is -2.24. The Balaban J connectivity index is 1.48. The van der Waals surface area contributed by atoms with Crippen molar-refractivity contribution in [3.63, 3.8) is 0 Å². The quantitative estimate of drug-likeness (QED) is 0.405. The van der Waals surface area contributed by atoms with E-state index in [-0.39, 0.29) is 18.4 Å². The first-order valence-corrected chi connectivity index (χ1v) is 10.5. The molecule has 0 aromatic heterocycles. The van der Waals surface area contributed by atoms with Crippen LogP contribution in [0.4, 0.5) is 11.4 Å². The van der Waals surface area contributed by atoms with Crippen molar-refractivity contribution in [1.29, 1.82) is 0 Å². The molecule has 0 bridgehead atoms. The number of fused-ring (bicyclic) bond motifs is 1. The molecule has 0 fully saturated rings. The maximum Gasteiger partial charge on any atom is 0.341 e. The summed E-state index contributed by atoms with van der Waals surface area (Å²) in [5, 5.41) is 10.6. The molecule has 0 aliphatic heterocycles. The monoisotopic (exact) mass is 428 g/mol. The molecule has 162 valence electrons. The van der Waals surface area contributed by atoms with E-state index < -0.39 is 5.97 Å². The zero-order chi connectivity index (χ0) is 22.3. The van der Waals surface area contributed by atoms with Gasteiger partial charge in [-0.15, -0.1) is 0 Å². The van der Waals surface area contributed by atoms with Crippen LogP contribution in [-0.2, 0) is 16.0 Å². The number of carbonyl (C=O) groups is 2. The fourth-order valence-corrected chi connectivity index (χ4v) is 3.91. The molecule has 1 amide bonds. The van der Waals surface area contributed by atoms with Gasteiger partial charge in [0.2, 0.25) is 0 Å². The number of amides is 1. The Morgan fingerprint density at radius 2 is 1.62 bits per heavy atom. The second kappa shape index (κ2) is 9.83. The molecule has 1 aliphatic carbocycles. The zero-order valence-electron chi connectivity index (χ0n) is 17.5. The Labute approximate surface area is 186 Å². The van der Waals surface area contributed by atoms with Crippen molar-refractivity contribution < 1.29 is 19.4 Å². The maximum absolute atomic E-state index is 12.8. The van der Waals surface area contributed by atoms with Crippen LogP contribution in [0.5, 0.6) is 5.75 Å². The van der Waals surface area contributed by atoms with Gasteiger partial charge in [0.25, 0.3) is 5.91 Å². The van der Waals surface area contributed by atoms with Gasteiger partial charge in [0, 0.05) is 12.0 Å². The zero-order valence-corrected chi connectivity index (χ0v) is 17.5. The van der Waals surface area contributed by atoms with Crippen molar-refractivity contribution >= 4 is 23.3 Å². The van der Waals surface area contributed by atoms with Crippen LogP contribution in [0.2, 0.25) is 0 Å². The van der Waals surface area contributed by atoms with Gasteiger partial charge in [-0.3, -0.25) is 15.2 Å². The van der Waals surface area contributed by atoms with Crippen LogP contribution < -0.4 is 15.2 Å². The van der Waals surface area contributed by atoms with Crippen LogP contribution in [0, 0.1) is 0 Å². The van der Waals surface area contributed by atoms with E-state index in [0.717, 1.165) is 35.3 Å². The topological polar surface area (TPSA) is 78.9 Å². The van der Waals surface area contributed by atoms with E-state index in [1.165, 1.54) is 0 Å². The van der Waals surface area contributed by atoms with Crippen LogP contribution >= 0.6 is 0 Å². The van der Waals surface area contributed by atoms with E-state index >= 15 is 0 Å². The van der Waals surface area contributed by atoms with Crippen molar-refractivity contribution in [3.05, 3.63) is 102 Å². The third-order valence-corrected chi connectivity index (χ3v) is 5.36. The molecule has 0 saturated carbocycles. The van der Waals surface area contributed by atoms with Crippen molar-refractivity contribution in [2.24, 2.45) is 0 Å². The van der Waals surface area contributed by atoms with E-state index in [0.29, 0.717) is 5.75 Å². The predicted molar refractivity (Wildman–Crippen MR) is 123 cm³/mol. The van der Waals surface area contributed by atoms with Crippen molar-refractivity contribution in [2.45, 2.75) is 18.8 Å².